The van der Waals surface area contributed by atoms with E-state index in [4.69, 9.17) is 0 Å². The van der Waals surface area contributed by atoms with Gasteiger partial charge in [-0.15, -0.1) is 0 Å². The molecule has 0 spiro atoms. The number of carboxylic acid groups (broad SMARTS) is 1. The maximum atomic E-state index is 11.5. The highest BCUT2D eigenvalue weighted by Gasteiger charge is 2.12. The van der Waals surface area contributed by atoms with Crippen LogP contribution in [-0.2, 0) is 6.42 Å². The van der Waals surface area contributed by atoms with Crippen LogP contribution in [0, 0.1) is 13.8 Å². The van der Waals surface area contributed by atoms with Crippen molar-refractivity contribution in [1.82, 2.24) is 4.98 Å². The highest BCUT2D eigenvalue weighted by Crippen LogP contribution is 2.23. The third kappa shape index (κ3) is 3.35. The smallest absolute Gasteiger partial charge is 0.335 e. The molecule has 0 aliphatic carbocycles. The predicted octanol–water partition coefficient (Wildman–Crippen LogP) is 4.65. The minimum atomic E-state index is -0.890. The number of pyridine rings is 1. The molecular weight excluding hydrogens is 298 g/mol. The number of aromatic carboxylic acids is 1. The molecule has 0 atom stereocenters. The van der Waals surface area contributed by atoms with Gasteiger partial charge in [0.1, 0.15) is 0 Å². The zero-order valence-corrected chi connectivity index (χ0v) is 13.8. The summed E-state index contributed by atoms with van der Waals surface area (Å²) in [7, 11) is 0. The number of aryl methyl sites for hydroxylation is 2. The number of hydrogen-bond donors (Lipinski definition) is 1. The Morgan fingerprint density at radius 2 is 1.79 bits per heavy atom. The van der Waals surface area contributed by atoms with Crippen LogP contribution in [0.15, 0.2) is 60.8 Å². The Hall–Kier alpha value is -2.94. The number of benzene rings is 2. The third-order valence-corrected chi connectivity index (χ3v) is 4.07. The van der Waals surface area contributed by atoms with Crippen molar-refractivity contribution in [3.05, 3.63) is 88.6 Å². The molecule has 0 saturated carbocycles. The number of carboxylic acids is 1. The molecule has 3 aromatic rings. The van der Waals surface area contributed by atoms with Crippen LogP contribution in [0.1, 0.15) is 32.6 Å². The molecule has 3 heteroatoms. The fourth-order valence-corrected chi connectivity index (χ4v) is 2.89. The summed E-state index contributed by atoms with van der Waals surface area (Å²) in [6, 6.07) is 17.7. The Morgan fingerprint density at radius 1 is 1.04 bits per heavy atom. The van der Waals surface area contributed by atoms with Gasteiger partial charge in [-0.3, -0.25) is 4.98 Å². The zero-order chi connectivity index (χ0) is 17.1. The van der Waals surface area contributed by atoms with Gasteiger partial charge in [0.15, 0.2) is 0 Å². The summed E-state index contributed by atoms with van der Waals surface area (Å²) in [5.41, 5.74) is 6.26. The first-order valence-corrected chi connectivity index (χ1v) is 7.88. The van der Waals surface area contributed by atoms with E-state index in [0.717, 1.165) is 33.5 Å². The van der Waals surface area contributed by atoms with Crippen LogP contribution in [0.25, 0.3) is 11.3 Å². The molecule has 0 bridgehead atoms. The summed E-state index contributed by atoms with van der Waals surface area (Å²) < 4.78 is 0. The lowest BCUT2D eigenvalue weighted by atomic mass is 9.97. The molecule has 3 nitrogen and oxygen atoms in total. The number of nitrogens with zero attached hydrogens (tertiary/aromatic N) is 1. The van der Waals surface area contributed by atoms with Gasteiger partial charge in [-0.2, -0.15) is 0 Å². The van der Waals surface area contributed by atoms with Gasteiger partial charge in [-0.1, -0.05) is 54.1 Å². The van der Waals surface area contributed by atoms with E-state index in [-0.39, 0.29) is 0 Å². The molecule has 1 N–H and O–H groups in total. The normalized spacial score (nSPS) is 10.6. The van der Waals surface area contributed by atoms with Crippen LogP contribution >= 0.6 is 0 Å². The molecule has 0 radical (unpaired) electrons. The van der Waals surface area contributed by atoms with E-state index in [1.807, 2.05) is 62.5 Å². The second-order valence-electron chi connectivity index (χ2n) is 6.02. The SMILES string of the molecule is Cc1ccc(Cc2cnc(-c3ccccc3)c(C)c2)c(C(=O)O)c1. The Morgan fingerprint density at radius 3 is 2.46 bits per heavy atom. The van der Waals surface area contributed by atoms with Crippen LogP contribution < -0.4 is 0 Å². The van der Waals surface area contributed by atoms with Crippen LogP contribution in [0.5, 0.6) is 0 Å². The molecule has 1 heterocycles. The second-order valence-corrected chi connectivity index (χ2v) is 6.02. The molecule has 0 aliphatic heterocycles. The summed E-state index contributed by atoms with van der Waals surface area (Å²) >= 11 is 0. The predicted molar refractivity (Wildman–Crippen MR) is 95.4 cm³/mol. The van der Waals surface area contributed by atoms with Crippen LogP contribution in [0.3, 0.4) is 0 Å². The van der Waals surface area contributed by atoms with Crippen molar-refractivity contribution in [2.75, 3.05) is 0 Å². The summed E-state index contributed by atoms with van der Waals surface area (Å²) in [6.07, 6.45) is 2.39. The maximum Gasteiger partial charge on any atom is 0.335 e. The van der Waals surface area contributed by atoms with Crippen molar-refractivity contribution in [3.8, 4) is 11.3 Å². The molecule has 0 unspecified atom stereocenters. The molecule has 2 aromatic carbocycles. The molecule has 24 heavy (non-hydrogen) atoms. The second kappa shape index (κ2) is 6.67. The maximum absolute atomic E-state index is 11.5. The standard InChI is InChI=1S/C21H19NO2/c1-14-8-9-18(19(10-14)21(23)24)12-16-11-15(2)20(22-13-16)17-6-4-3-5-7-17/h3-11,13H,12H2,1-2H3,(H,23,24). The van der Waals surface area contributed by atoms with E-state index >= 15 is 0 Å². The topological polar surface area (TPSA) is 50.2 Å². The van der Waals surface area contributed by atoms with Crippen molar-refractivity contribution < 1.29 is 9.90 Å². The summed E-state index contributed by atoms with van der Waals surface area (Å²) in [5.74, 6) is -0.890. The average Bonchev–Trinajstić information content (AvgIpc) is 2.57. The summed E-state index contributed by atoms with van der Waals surface area (Å²) in [6.45, 7) is 3.93. The van der Waals surface area contributed by atoms with E-state index < -0.39 is 5.97 Å². The molecule has 1 aromatic heterocycles. The van der Waals surface area contributed by atoms with Crippen molar-refractivity contribution >= 4 is 5.97 Å². The highest BCUT2D eigenvalue weighted by molar-refractivity contribution is 5.89. The summed E-state index contributed by atoms with van der Waals surface area (Å²) in [4.78, 5) is 16.0. The number of hydrogen-bond acceptors (Lipinski definition) is 2. The van der Waals surface area contributed by atoms with Crippen LogP contribution in [0.4, 0.5) is 0 Å². The molecule has 3 rings (SSSR count). The largest absolute Gasteiger partial charge is 0.478 e. The Kier molecular flexibility index (Phi) is 4.43. The Labute approximate surface area is 141 Å². The van der Waals surface area contributed by atoms with Gasteiger partial charge < -0.3 is 5.11 Å². The summed E-state index contributed by atoms with van der Waals surface area (Å²) in [5, 5.41) is 9.40. The van der Waals surface area contributed by atoms with E-state index in [0.29, 0.717) is 12.0 Å². The molecule has 0 saturated heterocycles. The van der Waals surface area contributed by atoms with E-state index in [1.54, 1.807) is 6.07 Å². The van der Waals surface area contributed by atoms with Gasteiger partial charge in [0, 0.05) is 11.8 Å². The van der Waals surface area contributed by atoms with Gasteiger partial charge in [0.25, 0.3) is 0 Å². The minimum Gasteiger partial charge on any atom is -0.478 e. The molecule has 0 amide bonds. The first-order chi connectivity index (χ1) is 11.5. The van der Waals surface area contributed by atoms with E-state index in [2.05, 4.69) is 11.1 Å². The van der Waals surface area contributed by atoms with Gasteiger partial charge >= 0.3 is 5.97 Å². The van der Waals surface area contributed by atoms with Gasteiger partial charge in [0.05, 0.1) is 11.3 Å². The van der Waals surface area contributed by atoms with Crippen LogP contribution in [-0.4, -0.2) is 16.1 Å². The number of rotatable bonds is 4. The van der Waals surface area contributed by atoms with Gasteiger partial charge in [-0.05, 0) is 43.0 Å². The number of aromatic nitrogens is 1. The first-order valence-electron chi connectivity index (χ1n) is 7.88. The van der Waals surface area contributed by atoms with Crippen molar-refractivity contribution in [3.63, 3.8) is 0 Å². The van der Waals surface area contributed by atoms with Gasteiger partial charge in [-0.25, -0.2) is 4.79 Å². The lowest BCUT2D eigenvalue weighted by Crippen LogP contribution is -2.04. The lowest BCUT2D eigenvalue weighted by molar-refractivity contribution is 0.0695. The minimum absolute atomic E-state index is 0.361. The van der Waals surface area contributed by atoms with Crippen molar-refractivity contribution in [1.29, 1.82) is 0 Å². The van der Waals surface area contributed by atoms with Crippen molar-refractivity contribution in [2.45, 2.75) is 20.3 Å². The van der Waals surface area contributed by atoms with Crippen LogP contribution in [0.2, 0.25) is 0 Å². The van der Waals surface area contributed by atoms with Gasteiger partial charge in [0.2, 0.25) is 0 Å². The fraction of sp³-hybridized carbons (Fsp3) is 0.143. The van der Waals surface area contributed by atoms with E-state index in [1.165, 1.54) is 0 Å². The highest BCUT2D eigenvalue weighted by atomic mass is 16.4. The first kappa shape index (κ1) is 15.9. The average molecular weight is 317 g/mol. The van der Waals surface area contributed by atoms with Crippen molar-refractivity contribution in [2.24, 2.45) is 0 Å². The molecule has 0 aliphatic rings. The monoisotopic (exact) mass is 317 g/mol. The molecule has 0 fully saturated rings. The Bertz CT molecular complexity index is 886. The zero-order valence-electron chi connectivity index (χ0n) is 13.8. The molecule has 120 valence electrons. The number of carbonyl (C=O) groups is 1. The fourth-order valence-electron chi connectivity index (χ4n) is 2.89. The Balaban J connectivity index is 1.93. The quantitative estimate of drug-likeness (QED) is 0.761. The van der Waals surface area contributed by atoms with E-state index in [9.17, 15) is 9.90 Å². The lowest BCUT2D eigenvalue weighted by Gasteiger charge is -2.10. The molecular formula is C21H19NO2. The third-order valence-electron chi connectivity index (χ3n) is 4.07.